The number of thiophene rings is 1. The molecule has 1 aromatic carbocycles. The Labute approximate surface area is 156 Å². The summed E-state index contributed by atoms with van der Waals surface area (Å²) in [5, 5.41) is 7.58. The fourth-order valence-electron chi connectivity index (χ4n) is 2.04. The Kier molecular flexibility index (Phi) is 5.75. The average molecular weight is 395 g/mol. The number of ether oxygens (including phenoxy) is 1. The summed E-state index contributed by atoms with van der Waals surface area (Å²) in [5.74, 6) is -0.797. The molecule has 3 rings (SSSR count). The van der Waals surface area contributed by atoms with Gasteiger partial charge in [0.15, 0.2) is 12.4 Å². The molecule has 0 amide bonds. The van der Waals surface area contributed by atoms with E-state index < -0.39 is 5.97 Å². The van der Waals surface area contributed by atoms with Crippen LogP contribution in [0.25, 0.3) is 11.5 Å². The van der Waals surface area contributed by atoms with Crippen LogP contribution >= 0.6 is 22.9 Å². The average Bonchev–Trinajstić information content (AvgIpc) is 3.27. The molecule has 0 aliphatic heterocycles. The quantitative estimate of drug-likeness (QED) is 0.439. The molecule has 0 saturated heterocycles. The minimum absolute atomic E-state index is 0.0281. The van der Waals surface area contributed by atoms with Crippen molar-refractivity contribution in [3.63, 3.8) is 0 Å². The number of benzene rings is 1. The van der Waals surface area contributed by atoms with Gasteiger partial charge in [0.2, 0.25) is 5.89 Å². The van der Waals surface area contributed by atoms with Crippen molar-refractivity contribution in [1.82, 2.24) is 10.2 Å². The van der Waals surface area contributed by atoms with Gasteiger partial charge in [0.1, 0.15) is 5.82 Å². The van der Waals surface area contributed by atoms with E-state index in [1.807, 2.05) is 0 Å². The van der Waals surface area contributed by atoms with E-state index >= 15 is 0 Å². The maximum absolute atomic E-state index is 12.9. The van der Waals surface area contributed by atoms with Gasteiger partial charge in [-0.05, 0) is 36.4 Å². The summed E-state index contributed by atoms with van der Waals surface area (Å²) in [5.41, 5.74) is 0.552. The number of esters is 1. The number of carbonyl (C=O) groups excluding carboxylic acids is 2. The van der Waals surface area contributed by atoms with Crippen LogP contribution in [0.5, 0.6) is 0 Å². The number of hydrogen-bond donors (Lipinski definition) is 0. The minimum atomic E-state index is -0.553. The lowest BCUT2D eigenvalue weighted by Crippen LogP contribution is -2.07. The van der Waals surface area contributed by atoms with E-state index in [9.17, 15) is 14.0 Å². The largest absolute Gasteiger partial charge is 0.456 e. The van der Waals surface area contributed by atoms with Gasteiger partial charge < -0.3 is 9.15 Å². The van der Waals surface area contributed by atoms with Gasteiger partial charge in [-0.3, -0.25) is 9.59 Å². The van der Waals surface area contributed by atoms with Gasteiger partial charge in [0, 0.05) is 12.0 Å². The highest BCUT2D eigenvalue weighted by molar-refractivity contribution is 7.18. The smallest absolute Gasteiger partial charge is 0.306 e. The van der Waals surface area contributed by atoms with E-state index in [4.69, 9.17) is 20.8 Å². The summed E-state index contributed by atoms with van der Waals surface area (Å²) < 4.78 is 23.8. The lowest BCUT2D eigenvalue weighted by molar-refractivity contribution is -0.145. The lowest BCUT2D eigenvalue weighted by atomic mass is 10.2. The molecule has 0 spiro atoms. The summed E-state index contributed by atoms with van der Waals surface area (Å²) in [4.78, 5) is 24.1. The van der Waals surface area contributed by atoms with Crippen molar-refractivity contribution in [3.8, 4) is 11.5 Å². The van der Waals surface area contributed by atoms with Gasteiger partial charge in [-0.25, -0.2) is 4.39 Å². The SMILES string of the molecule is O=C(CCC(=O)c1ccc(Cl)s1)OCc1nnc(-c2ccc(F)cc2)o1. The van der Waals surface area contributed by atoms with E-state index in [-0.39, 0.29) is 42.8 Å². The highest BCUT2D eigenvalue weighted by Gasteiger charge is 2.14. The van der Waals surface area contributed by atoms with Gasteiger partial charge in [0.05, 0.1) is 15.6 Å². The molecule has 0 unspecified atom stereocenters. The van der Waals surface area contributed by atoms with Crippen molar-refractivity contribution in [2.45, 2.75) is 19.4 Å². The Morgan fingerprint density at radius 3 is 2.58 bits per heavy atom. The zero-order valence-electron chi connectivity index (χ0n) is 13.3. The van der Waals surface area contributed by atoms with E-state index in [0.717, 1.165) is 0 Å². The van der Waals surface area contributed by atoms with Crippen LogP contribution in [0.1, 0.15) is 28.4 Å². The number of rotatable bonds is 7. The Bertz CT molecular complexity index is 923. The van der Waals surface area contributed by atoms with Gasteiger partial charge in [-0.1, -0.05) is 11.6 Å². The first-order valence-corrected chi connectivity index (χ1v) is 8.73. The molecule has 26 heavy (non-hydrogen) atoms. The maximum atomic E-state index is 12.9. The first-order valence-electron chi connectivity index (χ1n) is 7.54. The third kappa shape index (κ3) is 4.74. The third-order valence-corrected chi connectivity index (χ3v) is 4.59. The Morgan fingerprint density at radius 1 is 1.12 bits per heavy atom. The molecule has 0 bridgehead atoms. The Hall–Kier alpha value is -2.58. The van der Waals surface area contributed by atoms with Crippen molar-refractivity contribution in [2.75, 3.05) is 0 Å². The van der Waals surface area contributed by atoms with E-state index in [1.165, 1.54) is 35.6 Å². The molecule has 6 nitrogen and oxygen atoms in total. The van der Waals surface area contributed by atoms with Crippen LogP contribution in [0.4, 0.5) is 4.39 Å². The van der Waals surface area contributed by atoms with Crippen molar-refractivity contribution in [2.24, 2.45) is 0 Å². The second-order valence-electron chi connectivity index (χ2n) is 5.20. The minimum Gasteiger partial charge on any atom is -0.456 e. The van der Waals surface area contributed by atoms with Gasteiger partial charge in [-0.2, -0.15) is 0 Å². The number of ketones is 1. The normalized spacial score (nSPS) is 10.7. The molecule has 0 atom stereocenters. The molecule has 3 aromatic rings. The molecule has 0 N–H and O–H groups in total. The molecule has 0 radical (unpaired) electrons. The third-order valence-electron chi connectivity index (χ3n) is 3.32. The molecule has 9 heteroatoms. The summed E-state index contributed by atoms with van der Waals surface area (Å²) in [6.45, 7) is -0.202. The predicted octanol–water partition coefficient (Wildman–Crippen LogP) is 4.30. The van der Waals surface area contributed by atoms with E-state index in [0.29, 0.717) is 14.8 Å². The predicted molar refractivity (Wildman–Crippen MR) is 92.4 cm³/mol. The van der Waals surface area contributed by atoms with Gasteiger partial charge >= 0.3 is 5.97 Å². The molecular formula is C17H12ClFN2O4S. The topological polar surface area (TPSA) is 82.3 Å². The molecule has 2 aromatic heterocycles. The number of nitrogens with zero attached hydrogens (tertiary/aromatic N) is 2. The molecule has 134 valence electrons. The summed E-state index contributed by atoms with van der Waals surface area (Å²) in [6.07, 6.45) is -0.0341. The number of halogens is 2. The number of Topliss-reactive ketones (excluding diaryl/α,β-unsaturated/α-hetero) is 1. The van der Waals surface area contributed by atoms with Gasteiger partial charge in [0.25, 0.3) is 5.89 Å². The number of hydrogen-bond acceptors (Lipinski definition) is 7. The van der Waals surface area contributed by atoms with Crippen LogP contribution < -0.4 is 0 Å². The van der Waals surface area contributed by atoms with Crippen molar-refractivity contribution in [1.29, 1.82) is 0 Å². The summed E-state index contributed by atoms with van der Waals surface area (Å²) in [6, 6.07) is 8.80. The summed E-state index contributed by atoms with van der Waals surface area (Å²) >= 11 is 6.94. The maximum Gasteiger partial charge on any atom is 0.306 e. The molecule has 0 aliphatic carbocycles. The monoisotopic (exact) mass is 394 g/mol. The molecule has 0 fully saturated rings. The molecule has 0 saturated carbocycles. The van der Waals surface area contributed by atoms with Crippen LogP contribution in [0.2, 0.25) is 4.34 Å². The zero-order valence-corrected chi connectivity index (χ0v) is 14.8. The van der Waals surface area contributed by atoms with E-state index in [2.05, 4.69) is 10.2 Å². The van der Waals surface area contributed by atoms with Crippen molar-refractivity contribution in [3.05, 3.63) is 57.3 Å². The van der Waals surface area contributed by atoms with Crippen LogP contribution in [0.3, 0.4) is 0 Å². The van der Waals surface area contributed by atoms with Crippen molar-refractivity contribution < 1.29 is 23.1 Å². The first-order chi connectivity index (χ1) is 12.5. The van der Waals surface area contributed by atoms with Crippen LogP contribution in [0, 0.1) is 5.82 Å². The lowest BCUT2D eigenvalue weighted by Gasteiger charge is -2.01. The van der Waals surface area contributed by atoms with Crippen LogP contribution in [-0.4, -0.2) is 21.9 Å². The second-order valence-corrected chi connectivity index (χ2v) is 6.91. The fourth-order valence-corrected chi connectivity index (χ4v) is 3.05. The van der Waals surface area contributed by atoms with Gasteiger partial charge in [-0.15, -0.1) is 21.5 Å². The van der Waals surface area contributed by atoms with Crippen LogP contribution in [-0.2, 0) is 16.1 Å². The van der Waals surface area contributed by atoms with Crippen molar-refractivity contribution >= 4 is 34.7 Å². The fraction of sp³-hybridized carbons (Fsp3) is 0.176. The highest BCUT2D eigenvalue weighted by atomic mass is 35.5. The van der Waals surface area contributed by atoms with E-state index in [1.54, 1.807) is 12.1 Å². The Morgan fingerprint density at radius 2 is 1.88 bits per heavy atom. The molecular weight excluding hydrogens is 383 g/mol. The standard InChI is InChI=1S/C17H12ClFN2O4S/c18-14-7-6-13(26-14)12(22)5-8-16(23)24-9-15-20-21-17(25-15)10-1-3-11(19)4-2-10/h1-4,6-7H,5,8-9H2. The highest BCUT2D eigenvalue weighted by Crippen LogP contribution is 2.23. The molecule has 2 heterocycles. The summed E-state index contributed by atoms with van der Waals surface area (Å²) in [7, 11) is 0. The second kappa shape index (κ2) is 8.20. The number of carbonyl (C=O) groups is 2. The zero-order chi connectivity index (χ0) is 18.5. The van der Waals surface area contributed by atoms with Crippen LogP contribution in [0.15, 0.2) is 40.8 Å². The Balaban J connectivity index is 1.47. The first kappa shape index (κ1) is 18.2. The number of aromatic nitrogens is 2. The molecule has 0 aliphatic rings.